The third-order valence-electron chi connectivity index (χ3n) is 4.17. The zero-order valence-corrected chi connectivity index (χ0v) is 12.0. The van der Waals surface area contributed by atoms with Crippen molar-refractivity contribution in [1.29, 1.82) is 0 Å². The molecule has 0 aromatic carbocycles. The van der Waals surface area contributed by atoms with E-state index >= 15 is 0 Å². The fourth-order valence-electron chi connectivity index (χ4n) is 3.01. The first-order valence-corrected chi connectivity index (χ1v) is 7.39. The number of carbonyl (C=O) groups is 1. The Morgan fingerprint density at radius 2 is 2.05 bits per heavy atom. The normalized spacial score (nSPS) is 23.3. The van der Waals surface area contributed by atoms with Crippen LogP contribution in [0.1, 0.15) is 50.0 Å². The number of nitrogens with two attached hydrogens (primary N) is 1. The fourth-order valence-corrected chi connectivity index (χ4v) is 3.01. The van der Waals surface area contributed by atoms with E-state index in [-0.39, 0.29) is 5.91 Å². The van der Waals surface area contributed by atoms with E-state index in [0.29, 0.717) is 12.1 Å². The van der Waals surface area contributed by atoms with E-state index in [2.05, 4.69) is 13.8 Å². The summed E-state index contributed by atoms with van der Waals surface area (Å²) in [5.41, 5.74) is 6.75. The van der Waals surface area contributed by atoms with Crippen molar-refractivity contribution in [3.8, 4) is 0 Å². The van der Waals surface area contributed by atoms with Gasteiger partial charge in [-0.1, -0.05) is 0 Å². The van der Waals surface area contributed by atoms with Gasteiger partial charge in [0, 0.05) is 31.4 Å². The topological polar surface area (TPSA) is 51.3 Å². The van der Waals surface area contributed by atoms with Crippen molar-refractivity contribution >= 4 is 5.91 Å². The van der Waals surface area contributed by atoms with Crippen LogP contribution in [0.3, 0.4) is 0 Å². The average molecular weight is 263 g/mol. The van der Waals surface area contributed by atoms with Gasteiger partial charge in [-0.05, 0) is 51.7 Å². The molecule has 0 saturated heterocycles. The molecule has 0 unspecified atom stereocenters. The first-order chi connectivity index (χ1) is 9.17. The van der Waals surface area contributed by atoms with Gasteiger partial charge in [-0.2, -0.15) is 0 Å². The number of aromatic nitrogens is 1. The summed E-state index contributed by atoms with van der Waals surface area (Å²) in [5, 5.41) is 0. The van der Waals surface area contributed by atoms with Gasteiger partial charge in [0.15, 0.2) is 0 Å². The third-order valence-corrected chi connectivity index (χ3v) is 4.17. The summed E-state index contributed by atoms with van der Waals surface area (Å²) in [6, 6.07) is 4.55. The molecule has 0 spiro atoms. The van der Waals surface area contributed by atoms with Crippen molar-refractivity contribution in [2.75, 3.05) is 6.54 Å². The van der Waals surface area contributed by atoms with Gasteiger partial charge < -0.3 is 15.2 Å². The number of nitrogens with zero attached hydrogens (tertiary/aromatic N) is 2. The lowest BCUT2D eigenvalue weighted by Gasteiger charge is -2.35. The highest BCUT2D eigenvalue weighted by atomic mass is 16.2. The molecule has 106 valence electrons. The molecular formula is C15H25N3O. The Kier molecular flexibility index (Phi) is 4.64. The van der Waals surface area contributed by atoms with Crippen LogP contribution in [-0.4, -0.2) is 34.0 Å². The number of amides is 1. The number of hydrogen-bond donors (Lipinski definition) is 1. The molecule has 1 saturated carbocycles. The van der Waals surface area contributed by atoms with Crippen molar-refractivity contribution in [1.82, 2.24) is 9.47 Å². The van der Waals surface area contributed by atoms with E-state index < -0.39 is 0 Å². The molecule has 1 aliphatic rings. The van der Waals surface area contributed by atoms with Gasteiger partial charge in [0.05, 0.1) is 0 Å². The van der Waals surface area contributed by atoms with Crippen molar-refractivity contribution in [3.63, 3.8) is 0 Å². The minimum atomic E-state index is 0.162. The second-order valence-electron chi connectivity index (χ2n) is 5.34. The number of carbonyl (C=O) groups excluding carboxylic acids is 1. The van der Waals surface area contributed by atoms with E-state index in [1.54, 1.807) is 0 Å². The molecule has 4 nitrogen and oxygen atoms in total. The Morgan fingerprint density at radius 3 is 2.63 bits per heavy atom. The maximum absolute atomic E-state index is 12.7. The highest BCUT2D eigenvalue weighted by molar-refractivity contribution is 5.93. The van der Waals surface area contributed by atoms with E-state index in [9.17, 15) is 4.79 Å². The average Bonchev–Trinajstić information content (AvgIpc) is 2.90. The lowest BCUT2D eigenvalue weighted by Crippen LogP contribution is -2.44. The maximum atomic E-state index is 12.7. The molecule has 1 amide bonds. The molecule has 1 heterocycles. The molecule has 2 rings (SSSR count). The van der Waals surface area contributed by atoms with Gasteiger partial charge in [-0.25, -0.2) is 0 Å². The molecule has 1 aromatic heterocycles. The van der Waals surface area contributed by atoms with Crippen LogP contribution >= 0.6 is 0 Å². The van der Waals surface area contributed by atoms with Crippen molar-refractivity contribution in [2.45, 2.75) is 58.2 Å². The fraction of sp³-hybridized carbons (Fsp3) is 0.667. The Morgan fingerprint density at radius 1 is 1.37 bits per heavy atom. The van der Waals surface area contributed by atoms with Gasteiger partial charge in [-0.15, -0.1) is 0 Å². The third kappa shape index (κ3) is 3.00. The SMILES string of the molecule is CCN(C(=O)c1cccn1CC)C1CCC(N)CC1. The van der Waals surface area contributed by atoms with Crippen molar-refractivity contribution in [3.05, 3.63) is 24.0 Å². The molecule has 2 N–H and O–H groups in total. The molecule has 0 atom stereocenters. The minimum Gasteiger partial charge on any atom is -0.344 e. The van der Waals surface area contributed by atoms with Crippen LogP contribution in [0.4, 0.5) is 0 Å². The lowest BCUT2D eigenvalue weighted by atomic mass is 9.90. The Bertz CT molecular complexity index is 419. The molecule has 1 aliphatic carbocycles. The van der Waals surface area contributed by atoms with Crippen molar-refractivity contribution in [2.24, 2.45) is 5.73 Å². The van der Waals surface area contributed by atoms with Crippen LogP contribution in [0, 0.1) is 0 Å². The van der Waals surface area contributed by atoms with Crippen molar-refractivity contribution < 1.29 is 4.79 Å². The highest BCUT2D eigenvalue weighted by Crippen LogP contribution is 2.23. The summed E-state index contributed by atoms with van der Waals surface area (Å²) >= 11 is 0. The monoisotopic (exact) mass is 263 g/mol. The molecule has 0 radical (unpaired) electrons. The van der Waals surface area contributed by atoms with Gasteiger partial charge in [0.1, 0.15) is 5.69 Å². The molecular weight excluding hydrogens is 238 g/mol. The van der Waals surface area contributed by atoms with E-state index in [0.717, 1.165) is 44.5 Å². The number of rotatable bonds is 4. The first kappa shape index (κ1) is 14.1. The summed E-state index contributed by atoms with van der Waals surface area (Å²) in [5.74, 6) is 0.162. The quantitative estimate of drug-likeness (QED) is 0.905. The molecule has 4 heteroatoms. The highest BCUT2D eigenvalue weighted by Gasteiger charge is 2.28. The van der Waals surface area contributed by atoms with Gasteiger partial charge in [0.25, 0.3) is 5.91 Å². The molecule has 19 heavy (non-hydrogen) atoms. The van der Waals surface area contributed by atoms with Crippen LogP contribution in [0.2, 0.25) is 0 Å². The molecule has 1 fully saturated rings. The number of aryl methyl sites for hydroxylation is 1. The Labute approximate surface area is 115 Å². The van der Waals surface area contributed by atoms with Gasteiger partial charge in [-0.3, -0.25) is 4.79 Å². The van der Waals surface area contributed by atoms with Gasteiger partial charge >= 0.3 is 0 Å². The molecule has 0 aliphatic heterocycles. The summed E-state index contributed by atoms with van der Waals surface area (Å²) in [4.78, 5) is 14.7. The van der Waals surface area contributed by atoms with Crippen LogP contribution in [0.15, 0.2) is 18.3 Å². The first-order valence-electron chi connectivity index (χ1n) is 7.39. The zero-order chi connectivity index (χ0) is 13.8. The van der Waals surface area contributed by atoms with Crippen LogP contribution in [0.5, 0.6) is 0 Å². The van der Waals surface area contributed by atoms with Crippen LogP contribution in [0.25, 0.3) is 0 Å². The Hall–Kier alpha value is -1.29. The summed E-state index contributed by atoms with van der Waals surface area (Å²) < 4.78 is 2.01. The van der Waals surface area contributed by atoms with Gasteiger partial charge in [0.2, 0.25) is 0 Å². The van der Waals surface area contributed by atoms with Crippen LogP contribution < -0.4 is 5.73 Å². The largest absolute Gasteiger partial charge is 0.344 e. The summed E-state index contributed by atoms with van der Waals surface area (Å²) in [7, 11) is 0. The second-order valence-corrected chi connectivity index (χ2v) is 5.34. The van der Waals surface area contributed by atoms with Crippen LogP contribution in [-0.2, 0) is 6.54 Å². The molecule has 0 bridgehead atoms. The van der Waals surface area contributed by atoms with E-state index in [4.69, 9.17) is 5.73 Å². The predicted octanol–water partition coefficient (Wildman–Crippen LogP) is 2.24. The lowest BCUT2D eigenvalue weighted by molar-refractivity contribution is 0.0630. The standard InChI is InChI=1S/C15H25N3O/c1-3-17-11-5-6-14(17)15(19)18(4-2)13-9-7-12(16)8-10-13/h5-6,11-13H,3-4,7-10,16H2,1-2H3. The summed E-state index contributed by atoms with van der Waals surface area (Å²) in [6.45, 7) is 5.73. The smallest absolute Gasteiger partial charge is 0.270 e. The Balaban J connectivity index is 2.11. The zero-order valence-electron chi connectivity index (χ0n) is 12.0. The molecule has 1 aromatic rings. The van der Waals surface area contributed by atoms with E-state index in [1.165, 1.54) is 0 Å². The second kappa shape index (κ2) is 6.24. The maximum Gasteiger partial charge on any atom is 0.270 e. The van der Waals surface area contributed by atoms with E-state index in [1.807, 2.05) is 27.8 Å². The number of hydrogen-bond acceptors (Lipinski definition) is 2. The summed E-state index contributed by atoms with van der Waals surface area (Å²) in [6.07, 6.45) is 6.10. The predicted molar refractivity (Wildman–Crippen MR) is 77.0 cm³/mol. The minimum absolute atomic E-state index is 0.162.